The molecule has 0 saturated carbocycles. The zero-order chi connectivity index (χ0) is 13.0. The summed E-state index contributed by atoms with van der Waals surface area (Å²) in [7, 11) is 0. The summed E-state index contributed by atoms with van der Waals surface area (Å²) in [4.78, 5) is 11.2. The minimum atomic E-state index is -0.0469. The van der Waals surface area contributed by atoms with Gasteiger partial charge >= 0.3 is 0 Å². The van der Waals surface area contributed by atoms with Crippen molar-refractivity contribution in [1.82, 2.24) is 14.9 Å². The standard InChI is InChI=1S/C13H20ClN3O/c1-3-5-17-6-7-18-11(9-17)13-15-10(4-2)8-12(14)16-13/h8,11H,3-7,9H2,1-2H3. The minimum absolute atomic E-state index is 0.0469. The van der Waals surface area contributed by atoms with Crippen molar-refractivity contribution in [2.75, 3.05) is 26.2 Å². The first-order chi connectivity index (χ1) is 8.72. The Hall–Kier alpha value is -0.710. The Morgan fingerprint density at radius 3 is 3.00 bits per heavy atom. The van der Waals surface area contributed by atoms with Crippen molar-refractivity contribution in [2.45, 2.75) is 32.8 Å². The van der Waals surface area contributed by atoms with Gasteiger partial charge in [-0.25, -0.2) is 9.97 Å². The average molecular weight is 270 g/mol. The molecule has 18 heavy (non-hydrogen) atoms. The predicted octanol–water partition coefficient (Wildman–Crippen LogP) is 2.48. The molecule has 0 radical (unpaired) electrons. The highest BCUT2D eigenvalue weighted by Gasteiger charge is 2.24. The molecule has 1 fully saturated rings. The largest absolute Gasteiger partial charge is 0.368 e. The topological polar surface area (TPSA) is 38.2 Å². The van der Waals surface area contributed by atoms with Gasteiger partial charge in [-0.05, 0) is 25.5 Å². The zero-order valence-corrected chi connectivity index (χ0v) is 11.8. The number of halogens is 1. The summed E-state index contributed by atoms with van der Waals surface area (Å²) in [6.45, 7) is 7.94. The second kappa shape index (κ2) is 6.45. The number of nitrogens with zero attached hydrogens (tertiary/aromatic N) is 3. The van der Waals surface area contributed by atoms with Gasteiger partial charge in [0.05, 0.1) is 6.61 Å². The van der Waals surface area contributed by atoms with Crippen LogP contribution in [-0.2, 0) is 11.2 Å². The first kappa shape index (κ1) is 13.7. The highest BCUT2D eigenvalue weighted by Crippen LogP contribution is 2.21. The molecule has 1 aromatic rings. The van der Waals surface area contributed by atoms with Gasteiger partial charge in [-0.2, -0.15) is 0 Å². The Labute approximate surface area is 113 Å². The Kier molecular flexibility index (Phi) is 4.92. The van der Waals surface area contributed by atoms with Gasteiger partial charge in [0, 0.05) is 18.8 Å². The second-order valence-corrected chi connectivity index (χ2v) is 4.94. The van der Waals surface area contributed by atoms with Crippen LogP contribution in [0, 0.1) is 0 Å². The summed E-state index contributed by atoms with van der Waals surface area (Å²) in [5, 5.41) is 0.507. The van der Waals surface area contributed by atoms with Gasteiger partial charge in [-0.15, -0.1) is 0 Å². The quantitative estimate of drug-likeness (QED) is 0.787. The molecule has 1 aliphatic rings. The summed E-state index contributed by atoms with van der Waals surface area (Å²) < 4.78 is 5.77. The van der Waals surface area contributed by atoms with Crippen LogP contribution in [0.3, 0.4) is 0 Å². The van der Waals surface area contributed by atoms with Crippen LogP contribution < -0.4 is 0 Å². The van der Waals surface area contributed by atoms with Gasteiger partial charge in [-0.3, -0.25) is 4.90 Å². The van der Waals surface area contributed by atoms with Crippen LogP contribution in [0.15, 0.2) is 6.07 Å². The molecule has 1 unspecified atom stereocenters. The third-order valence-electron chi connectivity index (χ3n) is 3.11. The fourth-order valence-corrected chi connectivity index (χ4v) is 2.40. The Balaban J connectivity index is 2.12. The van der Waals surface area contributed by atoms with E-state index in [9.17, 15) is 0 Å². The van der Waals surface area contributed by atoms with Crippen LogP contribution in [0.4, 0.5) is 0 Å². The maximum absolute atomic E-state index is 6.03. The third-order valence-corrected chi connectivity index (χ3v) is 3.30. The fraction of sp³-hybridized carbons (Fsp3) is 0.692. The van der Waals surface area contributed by atoms with E-state index < -0.39 is 0 Å². The lowest BCUT2D eigenvalue weighted by atomic mass is 10.2. The van der Waals surface area contributed by atoms with E-state index >= 15 is 0 Å². The number of hydrogen-bond acceptors (Lipinski definition) is 4. The fourth-order valence-electron chi connectivity index (χ4n) is 2.19. The highest BCUT2D eigenvalue weighted by molar-refractivity contribution is 6.29. The molecule has 2 heterocycles. The van der Waals surface area contributed by atoms with Gasteiger partial charge in [-0.1, -0.05) is 25.4 Å². The Bertz CT molecular complexity index is 398. The van der Waals surface area contributed by atoms with Crippen LogP contribution in [0.25, 0.3) is 0 Å². The van der Waals surface area contributed by atoms with Crippen molar-refractivity contribution >= 4 is 11.6 Å². The van der Waals surface area contributed by atoms with Crippen LogP contribution in [-0.4, -0.2) is 41.1 Å². The van der Waals surface area contributed by atoms with Gasteiger partial charge in [0.25, 0.3) is 0 Å². The maximum atomic E-state index is 6.03. The van der Waals surface area contributed by atoms with Gasteiger partial charge in [0.1, 0.15) is 11.3 Å². The van der Waals surface area contributed by atoms with Crippen molar-refractivity contribution in [3.63, 3.8) is 0 Å². The molecule has 2 rings (SSSR count). The molecule has 1 saturated heterocycles. The second-order valence-electron chi connectivity index (χ2n) is 4.55. The lowest BCUT2D eigenvalue weighted by Crippen LogP contribution is -2.39. The molecule has 0 amide bonds. The van der Waals surface area contributed by atoms with E-state index in [4.69, 9.17) is 16.3 Å². The van der Waals surface area contributed by atoms with E-state index in [0.717, 1.165) is 50.6 Å². The SMILES string of the molecule is CCCN1CCOC(c2nc(Cl)cc(CC)n2)C1. The molecule has 1 aromatic heterocycles. The number of ether oxygens (including phenoxy) is 1. The van der Waals surface area contributed by atoms with E-state index in [0.29, 0.717) is 5.15 Å². The molecular weight excluding hydrogens is 250 g/mol. The number of hydrogen-bond donors (Lipinski definition) is 0. The van der Waals surface area contributed by atoms with Gasteiger partial charge < -0.3 is 4.74 Å². The van der Waals surface area contributed by atoms with Crippen LogP contribution in [0.5, 0.6) is 0 Å². The van der Waals surface area contributed by atoms with Crippen molar-refractivity contribution in [3.8, 4) is 0 Å². The first-order valence-electron chi connectivity index (χ1n) is 6.60. The van der Waals surface area contributed by atoms with Crippen LogP contribution in [0.2, 0.25) is 5.15 Å². The number of rotatable bonds is 4. The molecule has 0 bridgehead atoms. The molecule has 1 atom stereocenters. The van der Waals surface area contributed by atoms with Gasteiger partial charge in [0.15, 0.2) is 5.82 Å². The highest BCUT2D eigenvalue weighted by atomic mass is 35.5. The van der Waals surface area contributed by atoms with Crippen molar-refractivity contribution in [1.29, 1.82) is 0 Å². The van der Waals surface area contributed by atoms with Crippen molar-refractivity contribution < 1.29 is 4.74 Å². The van der Waals surface area contributed by atoms with Crippen molar-refractivity contribution in [3.05, 3.63) is 22.7 Å². The summed E-state index contributed by atoms with van der Waals surface area (Å²) in [5.74, 6) is 0.722. The smallest absolute Gasteiger partial charge is 0.160 e. The molecule has 0 aromatic carbocycles. The number of morpholine rings is 1. The van der Waals surface area contributed by atoms with E-state index in [1.807, 2.05) is 6.07 Å². The van der Waals surface area contributed by atoms with E-state index in [1.54, 1.807) is 0 Å². The molecule has 0 aliphatic carbocycles. The molecule has 1 aliphatic heterocycles. The number of aromatic nitrogens is 2. The lowest BCUT2D eigenvalue weighted by molar-refractivity contribution is -0.0343. The Morgan fingerprint density at radius 2 is 2.28 bits per heavy atom. The maximum Gasteiger partial charge on any atom is 0.160 e. The van der Waals surface area contributed by atoms with E-state index in [2.05, 4.69) is 28.7 Å². The molecule has 0 spiro atoms. The summed E-state index contributed by atoms with van der Waals surface area (Å²) in [5.41, 5.74) is 0.973. The van der Waals surface area contributed by atoms with Crippen LogP contribution >= 0.6 is 11.6 Å². The van der Waals surface area contributed by atoms with E-state index in [-0.39, 0.29) is 6.10 Å². The monoisotopic (exact) mass is 269 g/mol. The molecule has 0 N–H and O–H groups in total. The lowest BCUT2D eigenvalue weighted by Gasteiger charge is -2.31. The molecule has 100 valence electrons. The molecule has 5 heteroatoms. The average Bonchev–Trinajstić information content (AvgIpc) is 2.39. The molecule has 4 nitrogen and oxygen atoms in total. The summed E-state index contributed by atoms with van der Waals surface area (Å²) in [6.07, 6.45) is 1.97. The van der Waals surface area contributed by atoms with Crippen molar-refractivity contribution in [2.24, 2.45) is 0 Å². The number of aryl methyl sites for hydroxylation is 1. The summed E-state index contributed by atoms with van der Waals surface area (Å²) in [6, 6.07) is 1.82. The van der Waals surface area contributed by atoms with Gasteiger partial charge in [0.2, 0.25) is 0 Å². The normalized spacial score (nSPS) is 21.2. The minimum Gasteiger partial charge on any atom is -0.368 e. The Morgan fingerprint density at radius 1 is 1.44 bits per heavy atom. The van der Waals surface area contributed by atoms with Crippen LogP contribution in [0.1, 0.15) is 37.9 Å². The summed E-state index contributed by atoms with van der Waals surface area (Å²) >= 11 is 6.03. The first-order valence-corrected chi connectivity index (χ1v) is 6.98. The third kappa shape index (κ3) is 3.40. The zero-order valence-electron chi connectivity index (χ0n) is 11.0. The van der Waals surface area contributed by atoms with E-state index in [1.165, 1.54) is 0 Å². The molecular formula is C13H20ClN3O. The predicted molar refractivity (Wildman–Crippen MR) is 71.8 cm³/mol.